The second kappa shape index (κ2) is 5.65. The number of nitrogens with zero attached hydrogens (tertiary/aromatic N) is 3. The minimum absolute atomic E-state index is 0.0116. The molecular formula is C14H18N4O. The topological polar surface area (TPSA) is 59.8 Å². The highest BCUT2D eigenvalue weighted by Gasteiger charge is 2.14. The molecular weight excluding hydrogens is 240 g/mol. The predicted molar refractivity (Wildman–Crippen MR) is 73.7 cm³/mol. The number of aryl methyl sites for hydroxylation is 2. The van der Waals surface area contributed by atoms with E-state index in [1.54, 1.807) is 11.0 Å². The Balaban J connectivity index is 2.00. The van der Waals surface area contributed by atoms with Crippen LogP contribution in [0.5, 0.6) is 0 Å². The van der Waals surface area contributed by atoms with E-state index in [1.807, 2.05) is 32.9 Å². The van der Waals surface area contributed by atoms with Crippen LogP contribution < -0.4 is 5.32 Å². The maximum Gasteiger partial charge on any atom is 0.229 e. The zero-order valence-electron chi connectivity index (χ0n) is 11.4. The van der Waals surface area contributed by atoms with Crippen LogP contribution in [0.3, 0.4) is 0 Å². The number of rotatable bonds is 4. The molecule has 2 rings (SSSR count). The average molecular weight is 258 g/mol. The van der Waals surface area contributed by atoms with Crippen LogP contribution in [0.25, 0.3) is 0 Å². The summed E-state index contributed by atoms with van der Waals surface area (Å²) in [5, 5.41) is 6.95. The summed E-state index contributed by atoms with van der Waals surface area (Å²) in [6.45, 7) is 6.42. The first-order valence-electron chi connectivity index (χ1n) is 6.27. The second-order valence-electron chi connectivity index (χ2n) is 4.83. The van der Waals surface area contributed by atoms with Crippen LogP contribution in [0.1, 0.15) is 18.1 Å². The molecule has 1 aromatic heterocycles. The Kier molecular flexibility index (Phi) is 3.94. The van der Waals surface area contributed by atoms with Crippen molar-refractivity contribution < 1.29 is 4.79 Å². The summed E-state index contributed by atoms with van der Waals surface area (Å²) in [6.07, 6.45) is 3.08. The predicted octanol–water partition coefficient (Wildman–Crippen LogP) is 2.17. The molecule has 0 aliphatic carbocycles. The highest BCUT2D eigenvalue weighted by molar-refractivity contribution is 5.93. The first-order chi connectivity index (χ1) is 9.06. The van der Waals surface area contributed by atoms with Crippen LogP contribution >= 0.6 is 0 Å². The maximum atomic E-state index is 12.1. The summed E-state index contributed by atoms with van der Waals surface area (Å²) in [6, 6.07) is 5.98. The summed E-state index contributed by atoms with van der Waals surface area (Å²) < 4.78 is 1.66. The summed E-state index contributed by atoms with van der Waals surface area (Å²) in [4.78, 5) is 16.0. The minimum Gasteiger partial charge on any atom is -0.326 e. The summed E-state index contributed by atoms with van der Waals surface area (Å²) in [7, 11) is 0. The number of anilines is 1. The molecule has 1 aromatic carbocycles. The van der Waals surface area contributed by atoms with Crippen molar-refractivity contribution >= 4 is 11.6 Å². The van der Waals surface area contributed by atoms with Crippen molar-refractivity contribution in [2.75, 3.05) is 5.32 Å². The third-order valence-electron chi connectivity index (χ3n) is 3.01. The summed E-state index contributed by atoms with van der Waals surface area (Å²) in [5.74, 6) is -0.176. The standard InChI is InChI=1S/C14H18N4O/c1-10-4-5-13(11(2)6-10)17-14(19)12(3)7-18-9-15-8-16-18/h4-6,8-9,12H,7H2,1-3H3,(H,17,19)/t12-/m0/s1. The first kappa shape index (κ1) is 13.3. The van der Waals surface area contributed by atoms with E-state index < -0.39 is 0 Å². The zero-order chi connectivity index (χ0) is 13.8. The molecule has 1 heterocycles. The normalized spacial score (nSPS) is 12.2. The SMILES string of the molecule is Cc1ccc(NC(=O)[C@@H](C)Cn2cncn2)c(C)c1. The van der Waals surface area contributed by atoms with Gasteiger partial charge in [0.05, 0.1) is 12.5 Å². The number of nitrogens with one attached hydrogen (secondary N) is 1. The Morgan fingerprint density at radius 1 is 1.42 bits per heavy atom. The van der Waals surface area contributed by atoms with Gasteiger partial charge in [-0.15, -0.1) is 0 Å². The van der Waals surface area contributed by atoms with Crippen LogP contribution in [0.2, 0.25) is 0 Å². The molecule has 2 aromatic rings. The van der Waals surface area contributed by atoms with Gasteiger partial charge in [-0.25, -0.2) is 4.98 Å². The number of hydrogen-bond acceptors (Lipinski definition) is 3. The second-order valence-corrected chi connectivity index (χ2v) is 4.83. The van der Waals surface area contributed by atoms with Gasteiger partial charge in [0, 0.05) is 5.69 Å². The lowest BCUT2D eigenvalue weighted by atomic mass is 10.1. The quantitative estimate of drug-likeness (QED) is 0.914. The Morgan fingerprint density at radius 3 is 2.84 bits per heavy atom. The fraction of sp³-hybridized carbons (Fsp3) is 0.357. The molecule has 0 aliphatic rings. The number of carbonyl (C=O) groups excluding carboxylic acids is 1. The fourth-order valence-corrected chi connectivity index (χ4v) is 1.90. The van der Waals surface area contributed by atoms with Gasteiger partial charge < -0.3 is 5.32 Å². The maximum absolute atomic E-state index is 12.1. The van der Waals surface area contributed by atoms with Crippen LogP contribution in [0.15, 0.2) is 30.9 Å². The lowest BCUT2D eigenvalue weighted by Gasteiger charge is -2.14. The van der Waals surface area contributed by atoms with Crippen molar-refractivity contribution in [1.82, 2.24) is 14.8 Å². The highest BCUT2D eigenvalue weighted by atomic mass is 16.1. The first-order valence-corrected chi connectivity index (χ1v) is 6.27. The molecule has 0 fully saturated rings. The van der Waals surface area contributed by atoms with Crippen LogP contribution in [0, 0.1) is 19.8 Å². The van der Waals surface area contributed by atoms with Gasteiger partial charge in [-0.1, -0.05) is 24.6 Å². The number of amides is 1. The molecule has 5 nitrogen and oxygen atoms in total. The Hall–Kier alpha value is -2.17. The molecule has 1 atom stereocenters. The molecule has 19 heavy (non-hydrogen) atoms. The van der Waals surface area contributed by atoms with Crippen molar-refractivity contribution in [3.63, 3.8) is 0 Å². The minimum atomic E-state index is -0.164. The van der Waals surface area contributed by atoms with E-state index in [4.69, 9.17) is 0 Å². The molecule has 1 amide bonds. The van der Waals surface area contributed by atoms with E-state index in [9.17, 15) is 4.79 Å². The Morgan fingerprint density at radius 2 is 2.21 bits per heavy atom. The molecule has 0 aliphatic heterocycles. The molecule has 0 bridgehead atoms. The van der Waals surface area contributed by atoms with Gasteiger partial charge in [0.2, 0.25) is 5.91 Å². The Bertz CT molecular complexity index is 563. The van der Waals surface area contributed by atoms with Gasteiger partial charge in [0.25, 0.3) is 0 Å². The van der Waals surface area contributed by atoms with Crippen LogP contribution in [-0.4, -0.2) is 20.7 Å². The van der Waals surface area contributed by atoms with E-state index in [0.29, 0.717) is 6.54 Å². The van der Waals surface area contributed by atoms with Crippen LogP contribution in [0.4, 0.5) is 5.69 Å². The number of aromatic nitrogens is 3. The van der Waals surface area contributed by atoms with Gasteiger partial charge >= 0.3 is 0 Å². The summed E-state index contributed by atoms with van der Waals surface area (Å²) >= 11 is 0. The molecule has 100 valence electrons. The van der Waals surface area contributed by atoms with E-state index in [1.165, 1.54) is 11.9 Å². The fourth-order valence-electron chi connectivity index (χ4n) is 1.90. The molecule has 1 N–H and O–H groups in total. The van der Waals surface area contributed by atoms with E-state index in [-0.39, 0.29) is 11.8 Å². The highest BCUT2D eigenvalue weighted by Crippen LogP contribution is 2.17. The molecule has 0 unspecified atom stereocenters. The van der Waals surface area contributed by atoms with E-state index in [0.717, 1.165) is 11.3 Å². The molecule has 0 radical (unpaired) electrons. The average Bonchev–Trinajstić information content (AvgIpc) is 2.85. The van der Waals surface area contributed by atoms with Gasteiger partial charge in [0.1, 0.15) is 12.7 Å². The van der Waals surface area contributed by atoms with E-state index >= 15 is 0 Å². The van der Waals surface area contributed by atoms with Gasteiger partial charge in [-0.2, -0.15) is 5.10 Å². The van der Waals surface area contributed by atoms with Crippen molar-refractivity contribution in [1.29, 1.82) is 0 Å². The monoisotopic (exact) mass is 258 g/mol. The van der Waals surface area contributed by atoms with Gasteiger partial charge in [-0.05, 0) is 25.5 Å². The number of benzene rings is 1. The molecule has 0 saturated carbocycles. The summed E-state index contributed by atoms with van der Waals surface area (Å²) in [5.41, 5.74) is 3.12. The van der Waals surface area contributed by atoms with Crippen molar-refractivity contribution in [2.24, 2.45) is 5.92 Å². The van der Waals surface area contributed by atoms with Crippen LogP contribution in [-0.2, 0) is 11.3 Å². The molecule has 0 saturated heterocycles. The van der Waals surface area contributed by atoms with Crippen molar-refractivity contribution in [3.05, 3.63) is 42.0 Å². The number of hydrogen-bond donors (Lipinski definition) is 1. The lowest BCUT2D eigenvalue weighted by Crippen LogP contribution is -2.25. The third kappa shape index (κ3) is 3.40. The van der Waals surface area contributed by atoms with Gasteiger partial charge in [0.15, 0.2) is 0 Å². The van der Waals surface area contributed by atoms with Crippen molar-refractivity contribution in [2.45, 2.75) is 27.3 Å². The third-order valence-corrected chi connectivity index (χ3v) is 3.01. The lowest BCUT2D eigenvalue weighted by molar-refractivity contribution is -0.119. The zero-order valence-corrected chi connectivity index (χ0v) is 11.4. The largest absolute Gasteiger partial charge is 0.326 e. The Labute approximate surface area is 112 Å². The van der Waals surface area contributed by atoms with Crippen molar-refractivity contribution in [3.8, 4) is 0 Å². The van der Waals surface area contributed by atoms with Gasteiger partial charge in [-0.3, -0.25) is 9.48 Å². The number of carbonyl (C=O) groups is 1. The van der Waals surface area contributed by atoms with E-state index in [2.05, 4.69) is 21.5 Å². The molecule has 5 heteroatoms. The molecule has 0 spiro atoms. The smallest absolute Gasteiger partial charge is 0.229 e.